The van der Waals surface area contributed by atoms with Crippen molar-refractivity contribution in [3.05, 3.63) is 48.3 Å². The van der Waals surface area contributed by atoms with E-state index in [1.165, 1.54) is 42.4 Å². The number of carbonyl (C=O) groups excluding carboxylic acids is 2. The normalized spacial score (nSPS) is 31.7. The highest BCUT2D eigenvalue weighted by Gasteiger charge is 2.60. The Bertz CT molecular complexity index is 985. The number of ketones is 1. The molecule has 164 valence electrons. The maximum atomic E-state index is 13.1. The fourth-order valence-corrected chi connectivity index (χ4v) is 6.21. The Labute approximate surface area is 186 Å². The predicted octanol–water partition coefficient (Wildman–Crippen LogP) is 5.09. The molecule has 2 saturated carbocycles. The lowest BCUT2D eigenvalue weighted by molar-refractivity contribution is -0.125. The van der Waals surface area contributed by atoms with Gasteiger partial charge in [-0.25, -0.2) is 4.39 Å². The molecule has 31 heavy (non-hydrogen) atoms. The molecule has 0 radical (unpaired) electrons. The molecule has 1 heterocycles. The number of halogens is 1. The first-order valence-electron chi connectivity index (χ1n) is 10.7. The minimum absolute atomic E-state index is 0.0329. The highest BCUT2D eigenvalue weighted by Crippen LogP contribution is 2.64. The van der Waals surface area contributed by atoms with Gasteiger partial charge in [0.15, 0.2) is 11.0 Å². The molecular weight excluding hydrogens is 413 g/mol. The van der Waals surface area contributed by atoms with E-state index in [2.05, 4.69) is 37.6 Å². The number of hydrogen-bond donors (Lipinski definition) is 0. The first kappa shape index (κ1) is 21.9. The van der Waals surface area contributed by atoms with E-state index in [4.69, 9.17) is 0 Å². The van der Waals surface area contributed by atoms with Crippen LogP contribution in [0.25, 0.3) is 0 Å². The second kappa shape index (κ2) is 8.01. The number of Topliss-reactive ketones (excluding diaryl/α,β-unsaturated/α-hetero) is 1. The van der Waals surface area contributed by atoms with Gasteiger partial charge in [-0.1, -0.05) is 38.6 Å². The second-order valence-corrected chi connectivity index (χ2v) is 10.6. The van der Waals surface area contributed by atoms with E-state index >= 15 is 0 Å². The van der Waals surface area contributed by atoms with E-state index in [1.807, 2.05) is 0 Å². The quantitative estimate of drug-likeness (QED) is 0.351. The smallest absolute Gasteiger partial charge is 0.242 e. The topological polar surface area (TPSA) is 62.1 Å². The number of nitrogens with zero attached hydrogens (tertiary/aromatic N) is 3. The molecule has 7 heteroatoms. The van der Waals surface area contributed by atoms with Crippen LogP contribution >= 0.6 is 11.8 Å². The monoisotopic (exact) mass is 441 g/mol. The fourth-order valence-electron chi connectivity index (χ4n) is 5.12. The summed E-state index contributed by atoms with van der Waals surface area (Å²) in [4.78, 5) is 27.1. The Hall–Kier alpha value is -2.28. The number of amides is 1. The van der Waals surface area contributed by atoms with Gasteiger partial charge in [-0.05, 0) is 54.9 Å². The number of thioether (sulfide) groups is 1. The average molecular weight is 442 g/mol. The molecule has 3 fully saturated rings. The highest BCUT2D eigenvalue weighted by molar-refractivity contribution is 8.15. The summed E-state index contributed by atoms with van der Waals surface area (Å²) < 4.78 is 13.1. The second-order valence-electron chi connectivity index (χ2n) is 9.40. The number of benzene rings is 1. The molecule has 1 aromatic carbocycles. The van der Waals surface area contributed by atoms with Crippen LogP contribution in [0.1, 0.15) is 56.8 Å². The van der Waals surface area contributed by atoms with Crippen molar-refractivity contribution >= 4 is 34.3 Å². The molecule has 1 aromatic rings. The van der Waals surface area contributed by atoms with Gasteiger partial charge in [0.05, 0.1) is 5.25 Å². The van der Waals surface area contributed by atoms with E-state index in [0.717, 1.165) is 18.6 Å². The first-order chi connectivity index (χ1) is 14.7. The minimum atomic E-state index is -0.566. The van der Waals surface area contributed by atoms with Crippen LogP contribution in [-0.2, 0) is 4.79 Å². The van der Waals surface area contributed by atoms with Crippen LogP contribution in [0.2, 0.25) is 0 Å². The van der Waals surface area contributed by atoms with E-state index in [-0.39, 0.29) is 28.9 Å². The zero-order valence-electron chi connectivity index (χ0n) is 18.2. The molecule has 3 atom stereocenters. The number of rotatable bonds is 6. The molecule has 0 N–H and O–H groups in total. The summed E-state index contributed by atoms with van der Waals surface area (Å²) in [6.45, 7) is 11.0. The van der Waals surface area contributed by atoms with E-state index < -0.39 is 11.1 Å². The third kappa shape index (κ3) is 3.67. The van der Waals surface area contributed by atoms with Crippen LogP contribution in [0.4, 0.5) is 4.39 Å². The van der Waals surface area contributed by atoms with Crippen molar-refractivity contribution in [2.24, 2.45) is 27.0 Å². The summed E-state index contributed by atoms with van der Waals surface area (Å²) in [6, 6.07) is 5.39. The maximum Gasteiger partial charge on any atom is 0.242 e. The minimum Gasteiger partial charge on any atom is -0.294 e. The van der Waals surface area contributed by atoms with Crippen molar-refractivity contribution in [1.29, 1.82) is 0 Å². The molecule has 1 saturated heterocycles. The highest BCUT2D eigenvalue weighted by atomic mass is 32.2. The van der Waals surface area contributed by atoms with Gasteiger partial charge in [-0.15, -0.1) is 11.7 Å². The number of fused-ring (bicyclic) bond motifs is 2. The Kier molecular flexibility index (Phi) is 5.66. The maximum absolute atomic E-state index is 13.1. The molecule has 1 amide bonds. The third-order valence-corrected chi connectivity index (χ3v) is 8.80. The standard InChI is InChI=1S/C24H28FN3O2S/c1-5-12-28-21(30)19(14-18(29)15-6-8-17(25)9-7-15)31-22(28)27-26-20-13-16-10-11-24(20,4)23(16,2)3/h5-9,16,19H,1,10-14H2,2-4H3/b26-20-,27-22-. The Balaban J connectivity index is 1.54. The van der Waals surface area contributed by atoms with E-state index in [9.17, 15) is 14.0 Å². The molecular formula is C24H28FN3O2S. The van der Waals surface area contributed by atoms with Crippen molar-refractivity contribution < 1.29 is 14.0 Å². The molecule has 3 aliphatic rings. The van der Waals surface area contributed by atoms with Gasteiger partial charge in [0.2, 0.25) is 5.91 Å². The van der Waals surface area contributed by atoms with Crippen molar-refractivity contribution in [1.82, 2.24) is 4.90 Å². The number of amidine groups is 1. The molecule has 3 unspecified atom stereocenters. The van der Waals surface area contributed by atoms with Gasteiger partial charge >= 0.3 is 0 Å². The van der Waals surface area contributed by atoms with Crippen LogP contribution < -0.4 is 0 Å². The number of hydrogen-bond acceptors (Lipinski definition) is 5. The Morgan fingerprint density at radius 3 is 2.58 bits per heavy atom. The van der Waals surface area contributed by atoms with Gasteiger partial charge in [-0.2, -0.15) is 5.10 Å². The Morgan fingerprint density at radius 2 is 2.00 bits per heavy atom. The molecule has 0 aromatic heterocycles. The third-order valence-electron chi connectivity index (χ3n) is 7.64. The molecule has 2 bridgehead atoms. The van der Waals surface area contributed by atoms with Crippen LogP contribution in [-0.4, -0.2) is 39.3 Å². The molecule has 5 nitrogen and oxygen atoms in total. The van der Waals surface area contributed by atoms with Crippen LogP contribution in [0.15, 0.2) is 47.1 Å². The van der Waals surface area contributed by atoms with Crippen LogP contribution in [0.5, 0.6) is 0 Å². The van der Waals surface area contributed by atoms with Gasteiger partial charge in [0.25, 0.3) is 0 Å². The molecule has 2 aliphatic carbocycles. The number of carbonyl (C=O) groups is 2. The lowest BCUT2D eigenvalue weighted by Gasteiger charge is -2.34. The summed E-state index contributed by atoms with van der Waals surface area (Å²) in [5.41, 5.74) is 1.75. The summed E-state index contributed by atoms with van der Waals surface area (Å²) in [5, 5.41) is 9.07. The molecule has 0 spiro atoms. The van der Waals surface area contributed by atoms with Gasteiger partial charge in [0.1, 0.15) is 5.82 Å². The van der Waals surface area contributed by atoms with E-state index in [0.29, 0.717) is 23.2 Å². The van der Waals surface area contributed by atoms with Crippen molar-refractivity contribution in [2.75, 3.05) is 6.54 Å². The van der Waals surface area contributed by atoms with Gasteiger partial charge in [-0.3, -0.25) is 14.5 Å². The van der Waals surface area contributed by atoms with Crippen molar-refractivity contribution in [2.45, 2.75) is 51.7 Å². The zero-order chi connectivity index (χ0) is 22.4. The largest absolute Gasteiger partial charge is 0.294 e. The predicted molar refractivity (Wildman–Crippen MR) is 123 cm³/mol. The zero-order valence-corrected chi connectivity index (χ0v) is 19.0. The van der Waals surface area contributed by atoms with Crippen molar-refractivity contribution in [3.8, 4) is 0 Å². The Morgan fingerprint density at radius 1 is 1.29 bits per heavy atom. The summed E-state index contributed by atoms with van der Waals surface area (Å²) in [7, 11) is 0. The average Bonchev–Trinajstić information content (AvgIpc) is 3.22. The summed E-state index contributed by atoms with van der Waals surface area (Å²) >= 11 is 1.27. The van der Waals surface area contributed by atoms with Gasteiger partial charge in [0, 0.05) is 29.7 Å². The lowest BCUT2D eigenvalue weighted by Crippen LogP contribution is -2.33. The van der Waals surface area contributed by atoms with Gasteiger partial charge < -0.3 is 0 Å². The first-order valence-corrected chi connectivity index (χ1v) is 11.6. The summed E-state index contributed by atoms with van der Waals surface area (Å²) in [6.07, 6.45) is 4.97. The molecule has 4 rings (SSSR count). The van der Waals surface area contributed by atoms with Crippen LogP contribution in [0.3, 0.4) is 0 Å². The van der Waals surface area contributed by atoms with Crippen LogP contribution in [0, 0.1) is 22.6 Å². The molecule has 1 aliphatic heterocycles. The summed E-state index contributed by atoms with van der Waals surface area (Å²) in [5.74, 6) is -0.135. The SMILES string of the molecule is C=CCN1C(=O)C(CC(=O)c2ccc(F)cc2)S/C1=N\N=C1\CC2CCC1(C)C2(C)C. The van der Waals surface area contributed by atoms with Crippen molar-refractivity contribution in [3.63, 3.8) is 0 Å². The van der Waals surface area contributed by atoms with E-state index in [1.54, 1.807) is 11.0 Å². The lowest BCUT2D eigenvalue weighted by atomic mass is 9.70. The fraction of sp³-hybridized carbons (Fsp3) is 0.500.